The van der Waals surface area contributed by atoms with E-state index in [2.05, 4.69) is 10.2 Å². The standard InChI is InChI=1S/C28H28N2O8/c1-32-19-7-5-4-6-18(19)28(31)29-8-9-30-12-16-10-20(33-2)24-26(37-14-35-24)22(16)23-17(13-30)11-21(34-3)25-27(23)38-15-36-25/h4-7,10-11H,8-9,12-15H2,1-3H3,(H,29,31). The molecule has 3 heterocycles. The Bertz CT molecular complexity index is 1330. The summed E-state index contributed by atoms with van der Waals surface area (Å²) in [4.78, 5) is 15.1. The van der Waals surface area contributed by atoms with Crippen LogP contribution in [0.1, 0.15) is 21.5 Å². The first-order valence-corrected chi connectivity index (χ1v) is 12.3. The smallest absolute Gasteiger partial charge is 0.255 e. The zero-order valence-electron chi connectivity index (χ0n) is 21.4. The molecule has 0 saturated carbocycles. The third kappa shape index (κ3) is 3.97. The summed E-state index contributed by atoms with van der Waals surface area (Å²) in [6, 6.07) is 11.1. The molecule has 3 aliphatic heterocycles. The van der Waals surface area contributed by atoms with Crippen LogP contribution in [0.5, 0.6) is 40.2 Å². The van der Waals surface area contributed by atoms with E-state index in [-0.39, 0.29) is 19.5 Å². The number of methoxy groups -OCH3 is 3. The Labute approximate surface area is 219 Å². The van der Waals surface area contributed by atoms with E-state index in [0.717, 1.165) is 22.3 Å². The highest BCUT2D eigenvalue weighted by Crippen LogP contribution is 2.57. The van der Waals surface area contributed by atoms with Crippen LogP contribution in [-0.2, 0) is 13.1 Å². The number of hydrogen-bond acceptors (Lipinski definition) is 9. The van der Waals surface area contributed by atoms with Gasteiger partial charge in [0.05, 0.1) is 26.9 Å². The van der Waals surface area contributed by atoms with Crippen molar-refractivity contribution in [2.45, 2.75) is 13.1 Å². The molecule has 38 heavy (non-hydrogen) atoms. The molecule has 3 aromatic carbocycles. The summed E-state index contributed by atoms with van der Waals surface area (Å²) in [5.41, 5.74) is 4.25. The maximum absolute atomic E-state index is 12.9. The molecule has 0 aliphatic carbocycles. The van der Waals surface area contributed by atoms with Crippen LogP contribution in [0, 0.1) is 0 Å². The van der Waals surface area contributed by atoms with Gasteiger partial charge >= 0.3 is 0 Å². The van der Waals surface area contributed by atoms with E-state index in [4.69, 9.17) is 33.2 Å². The molecule has 0 fully saturated rings. The molecular formula is C28H28N2O8. The van der Waals surface area contributed by atoms with Crippen molar-refractivity contribution in [3.63, 3.8) is 0 Å². The quantitative estimate of drug-likeness (QED) is 0.501. The van der Waals surface area contributed by atoms with E-state index in [1.54, 1.807) is 33.5 Å². The third-order valence-electron chi connectivity index (χ3n) is 6.92. The second kappa shape index (κ2) is 9.86. The highest BCUT2D eigenvalue weighted by atomic mass is 16.7. The average Bonchev–Trinajstić information content (AvgIpc) is 3.60. The number of carbonyl (C=O) groups is 1. The van der Waals surface area contributed by atoms with Crippen molar-refractivity contribution >= 4 is 5.91 Å². The third-order valence-corrected chi connectivity index (χ3v) is 6.92. The molecule has 0 atom stereocenters. The largest absolute Gasteiger partial charge is 0.496 e. The molecule has 3 aromatic rings. The molecule has 6 rings (SSSR count). The predicted octanol–water partition coefficient (Wildman–Crippen LogP) is 3.58. The summed E-state index contributed by atoms with van der Waals surface area (Å²) in [5, 5.41) is 3.02. The van der Waals surface area contributed by atoms with Gasteiger partial charge in [0.15, 0.2) is 23.0 Å². The molecule has 0 bridgehead atoms. The van der Waals surface area contributed by atoms with Crippen LogP contribution in [-0.4, -0.2) is 58.8 Å². The van der Waals surface area contributed by atoms with Crippen molar-refractivity contribution in [2.24, 2.45) is 0 Å². The molecular weight excluding hydrogens is 492 g/mol. The van der Waals surface area contributed by atoms with Gasteiger partial charge in [0, 0.05) is 37.3 Å². The van der Waals surface area contributed by atoms with Gasteiger partial charge in [-0.3, -0.25) is 9.69 Å². The van der Waals surface area contributed by atoms with E-state index in [1.165, 1.54) is 0 Å². The van der Waals surface area contributed by atoms with Crippen molar-refractivity contribution in [1.29, 1.82) is 0 Å². The SMILES string of the molecule is COc1ccccc1C(=O)NCCN1Cc2cc(OC)c3c(c2-c2c(cc(OC)c4c2OCO4)C1)OCO3. The van der Waals surface area contributed by atoms with Gasteiger partial charge in [0.25, 0.3) is 5.91 Å². The summed E-state index contributed by atoms with van der Waals surface area (Å²) in [5.74, 6) is 3.93. The maximum Gasteiger partial charge on any atom is 0.255 e. The lowest BCUT2D eigenvalue weighted by Gasteiger charge is -2.22. The Kier molecular flexibility index (Phi) is 6.24. The van der Waals surface area contributed by atoms with Crippen molar-refractivity contribution in [3.8, 4) is 51.4 Å². The lowest BCUT2D eigenvalue weighted by Crippen LogP contribution is -2.34. The van der Waals surface area contributed by atoms with E-state index >= 15 is 0 Å². The number of rotatable bonds is 7. The number of fused-ring (bicyclic) bond motifs is 7. The lowest BCUT2D eigenvalue weighted by atomic mass is 9.93. The Hall–Kier alpha value is -4.31. The molecule has 1 N–H and O–H groups in total. The zero-order chi connectivity index (χ0) is 26.2. The van der Waals surface area contributed by atoms with Crippen molar-refractivity contribution in [3.05, 3.63) is 53.1 Å². The summed E-state index contributed by atoms with van der Waals surface area (Å²) in [6.07, 6.45) is 0. The van der Waals surface area contributed by atoms with Crippen LogP contribution in [0.15, 0.2) is 36.4 Å². The van der Waals surface area contributed by atoms with Crippen molar-refractivity contribution in [1.82, 2.24) is 10.2 Å². The monoisotopic (exact) mass is 520 g/mol. The first kappa shape index (κ1) is 24.1. The normalized spacial score (nSPS) is 14.8. The molecule has 0 radical (unpaired) electrons. The summed E-state index contributed by atoms with van der Waals surface area (Å²) >= 11 is 0. The van der Waals surface area contributed by atoms with E-state index in [9.17, 15) is 4.79 Å². The average molecular weight is 521 g/mol. The zero-order valence-corrected chi connectivity index (χ0v) is 21.4. The summed E-state index contributed by atoms with van der Waals surface area (Å²) < 4.78 is 40.1. The van der Waals surface area contributed by atoms with Gasteiger partial charge in [-0.2, -0.15) is 0 Å². The molecule has 0 aromatic heterocycles. The van der Waals surface area contributed by atoms with Gasteiger partial charge in [0.2, 0.25) is 25.1 Å². The minimum Gasteiger partial charge on any atom is -0.496 e. The molecule has 198 valence electrons. The second-order valence-electron chi connectivity index (χ2n) is 9.02. The van der Waals surface area contributed by atoms with Crippen molar-refractivity contribution in [2.75, 3.05) is 48.0 Å². The second-order valence-corrected chi connectivity index (χ2v) is 9.02. The summed E-state index contributed by atoms with van der Waals surface area (Å²) in [6.45, 7) is 2.40. The van der Waals surface area contributed by atoms with Crippen LogP contribution in [0.25, 0.3) is 11.1 Å². The first-order chi connectivity index (χ1) is 18.6. The Balaban J connectivity index is 1.35. The molecule has 0 spiro atoms. The molecule has 0 unspecified atom stereocenters. The maximum atomic E-state index is 12.9. The fraction of sp³-hybridized carbons (Fsp3) is 0.321. The summed E-state index contributed by atoms with van der Waals surface area (Å²) in [7, 11) is 4.77. The van der Waals surface area contributed by atoms with E-state index in [1.807, 2.05) is 24.3 Å². The lowest BCUT2D eigenvalue weighted by molar-refractivity contribution is 0.0944. The highest BCUT2D eigenvalue weighted by Gasteiger charge is 2.36. The molecule has 3 aliphatic rings. The number of benzene rings is 3. The molecule has 10 nitrogen and oxygen atoms in total. The predicted molar refractivity (Wildman–Crippen MR) is 137 cm³/mol. The number of nitrogens with one attached hydrogen (secondary N) is 1. The van der Waals surface area contributed by atoms with Crippen LogP contribution >= 0.6 is 0 Å². The first-order valence-electron chi connectivity index (χ1n) is 12.3. The minimum absolute atomic E-state index is 0.103. The number of para-hydroxylation sites is 1. The Morgan fingerprint density at radius 2 is 1.32 bits per heavy atom. The fourth-order valence-corrected chi connectivity index (χ4v) is 5.23. The Morgan fingerprint density at radius 1 is 0.789 bits per heavy atom. The van der Waals surface area contributed by atoms with Crippen molar-refractivity contribution < 1.29 is 38.0 Å². The number of carbonyl (C=O) groups excluding carboxylic acids is 1. The van der Waals surface area contributed by atoms with Gasteiger partial charge < -0.3 is 38.5 Å². The fourth-order valence-electron chi connectivity index (χ4n) is 5.23. The molecule has 10 heteroatoms. The van der Waals surface area contributed by atoms with Crippen LogP contribution in [0.2, 0.25) is 0 Å². The number of amides is 1. The highest BCUT2D eigenvalue weighted by molar-refractivity contribution is 5.97. The van der Waals surface area contributed by atoms with E-state index in [0.29, 0.717) is 72.0 Å². The molecule has 0 saturated heterocycles. The van der Waals surface area contributed by atoms with E-state index < -0.39 is 0 Å². The topological polar surface area (TPSA) is 97.0 Å². The van der Waals surface area contributed by atoms with Crippen LogP contribution in [0.3, 0.4) is 0 Å². The van der Waals surface area contributed by atoms with Crippen LogP contribution < -0.4 is 38.5 Å². The minimum atomic E-state index is -0.187. The van der Waals surface area contributed by atoms with Gasteiger partial charge in [-0.15, -0.1) is 0 Å². The number of ether oxygens (including phenoxy) is 7. The van der Waals surface area contributed by atoms with Gasteiger partial charge in [-0.05, 0) is 35.4 Å². The van der Waals surface area contributed by atoms with Gasteiger partial charge in [-0.25, -0.2) is 0 Å². The Morgan fingerprint density at radius 3 is 1.87 bits per heavy atom. The number of nitrogens with zero attached hydrogens (tertiary/aromatic N) is 1. The van der Waals surface area contributed by atoms with Crippen LogP contribution in [0.4, 0.5) is 0 Å². The van der Waals surface area contributed by atoms with Gasteiger partial charge in [0.1, 0.15) is 5.75 Å². The van der Waals surface area contributed by atoms with Gasteiger partial charge in [-0.1, -0.05) is 12.1 Å². The number of hydrogen-bond donors (Lipinski definition) is 1. The molecule has 1 amide bonds.